The monoisotopic (exact) mass is 884 g/mol. The summed E-state index contributed by atoms with van der Waals surface area (Å²) in [5, 5.41) is 0. The van der Waals surface area contributed by atoms with Gasteiger partial charge in [-0.25, -0.2) is 4.57 Å². The van der Waals surface area contributed by atoms with Crippen molar-refractivity contribution < 1.29 is 37.6 Å². The van der Waals surface area contributed by atoms with E-state index in [4.69, 9.17) is 24.3 Å². The predicted octanol–water partition coefficient (Wildman–Crippen LogP) is 15.5. The average Bonchev–Trinajstić information content (AvgIpc) is 3.25. The topological polar surface area (TPSA) is 134 Å². The van der Waals surface area contributed by atoms with Crippen LogP contribution in [0, 0.1) is 0 Å². The van der Waals surface area contributed by atoms with Crippen molar-refractivity contribution in [3.8, 4) is 0 Å². The summed E-state index contributed by atoms with van der Waals surface area (Å²) in [6.07, 6.45) is 53.7. The van der Waals surface area contributed by atoms with Gasteiger partial charge in [0.25, 0.3) is 0 Å². The number of unbranched alkanes of at least 4 members (excludes halogenated alkanes) is 32. The van der Waals surface area contributed by atoms with Crippen LogP contribution in [0.15, 0.2) is 24.3 Å². The number of carbonyl (C=O) groups excluding carboxylic acids is 2. The van der Waals surface area contributed by atoms with Gasteiger partial charge in [0.2, 0.25) is 0 Å². The number of hydrogen-bond donors (Lipinski definition) is 2. The van der Waals surface area contributed by atoms with Crippen LogP contribution >= 0.6 is 7.82 Å². The first kappa shape index (κ1) is 59.5. The highest BCUT2D eigenvalue weighted by Crippen LogP contribution is 2.43. The Labute approximate surface area is 376 Å². The van der Waals surface area contributed by atoms with E-state index in [9.17, 15) is 19.0 Å². The molecule has 61 heavy (non-hydrogen) atoms. The van der Waals surface area contributed by atoms with E-state index in [-0.39, 0.29) is 38.6 Å². The van der Waals surface area contributed by atoms with Crippen LogP contribution < -0.4 is 5.73 Å². The molecule has 10 heteroatoms. The van der Waals surface area contributed by atoms with E-state index >= 15 is 0 Å². The molecule has 0 aromatic rings. The maximum atomic E-state index is 12.6. The van der Waals surface area contributed by atoms with Crippen LogP contribution in [-0.4, -0.2) is 49.3 Å². The van der Waals surface area contributed by atoms with Gasteiger partial charge in [-0.05, 0) is 57.8 Å². The fourth-order valence-electron chi connectivity index (χ4n) is 7.46. The quantitative estimate of drug-likeness (QED) is 0.0265. The molecule has 0 heterocycles. The Balaban J connectivity index is 4.04. The van der Waals surface area contributed by atoms with Gasteiger partial charge in [-0.2, -0.15) is 0 Å². The summed E-state index contributed by atoms with van der Waals surface area (Å²) in [6, 6.07) is 0. The fourth-order valence-corrected chi connectivity index (χ4v) is 8.22. The lowest BCUT2D eigenvalue weighted by Gasteiger charge is -2.19. The molecular formula is C51H98NO8P. The highest BCUT2D eigenvalue weighted by molar-refractivity contribution is 7.47. The molecule has 2 atom stereocenters. The number of ether oxygens (including phenoxy) is 2. The zero-order chi connectivity index (χ0) is 44.6. The van der Waals surface area contributed by atoms with E-state index in [1.54, 1.807) is 0 Å². The van der Waals surface area contributed by atoms with Crippen LogP contribution in [0.25, 0.3) is 0 Å². The molecule has 3 N–H and O–H groups in total. The molecule has 0 amide bonds. The van der Waals surface area contributed by atoms with E-state index in [0.29, 0.717) is 6.42 Å². The maximum absolute atomic E-state index is 12.6. The van der Waals surface area contributed by atoms with Crippen molar-refractivity contribution in [2.45, 2.75) is 264 Å². The molecule has 0 bridgehead atoms. The SMILES string of the molecule is CCCCCCCC/C=C/CCCCCCCCCC(=O)OC[C@H](COP(=O)(O)OCCN)OC(=O)CCC/C=C/CCCCCCCCCCCCCCCCCCCC. The first-order valence-corrected chi connectivity index (χ1v) is 27.3. The number of allylic oxidation sites excluding steroid dienone is 4. The Morgan fingerprint density at radius 2 is 0.820 bits per heavy atom. The second kappa shape index (κ2) is 48.0. The van der Waals surface area contributed by atoms with Crippen LogP contribution in [-0.2, 0) is 32.7 Å². The van der Waals surface area contributed by atoms with Gasteiger partial charge in [-0.15, -0.1) is 0 Å². The Kier molecular flexibility index (Phi) is 46.8. The Hall–Kier alpha value is -1.51. The smallest absolute Gasteiger partial charge is 0.462 e. The summed E-state index contributed by atoms with van der Waals surface area (Å²) in [4.78, 5) is 35.0. The summed E-state index contributed by atoms with van der Waals surface area (Å²) < 4.78 is 32.9. The minimum Gasteiger partial charge on any atom is -0.462 e. The number of hydrogen-bond acceptors (Lipinski definition) is 8. The zero-order valence-electron chi connectivity index (χ0n) is 39.9. The Morgan fingerprint density at radius 3 is 1.21 bits per heavy atom. The van der Waals surface area contributed by atoms with Crippen molar-refractivity contribution in [1.29, 1.82) is 0 Å². The van der Waals surface area contributed by atoms with E-state index in [0.717, 1.165) is 44.9 Å². The lowest BCUT2D eigenvalue weighted by Crippen LogP contribution is -2.29. The van der Waals surface area contributed by atoms with Gasteiger partial charge < -0.3 is 20.1 Å². The van der Waals surface area contributed by atoms with Crippen LogP contribution in [0.1, 0.15) is 258 Å². The molecule has 1 unspecified atom stereocenters. The first-order valence-electron chi connectivity index (χ1n) is 25.8. The maximum Gasteiger partial charge on any atom is 0.472 e. The molecule has 9 nitrogen and oxygen atoms in total. The molecule has 0 aliphatic heterocycles. The van der Waals surface area contributed by atoms with Gasteiger partial charge >= 0.3 is 19.8 Å². The largest absolute Gasteiger partial charge is 0.472 e. The zero-order valence-corrected chi connectivity index (χ0v) is 40.8. The van der Waals surface area contributed by atoms with Crippen LogP contribution in [0.5, 0.6) is 0 Å². The van der Waals surface area contributed by atoms with Crippen LogP contribution in [0.4, 0.5) is 0 Å². The molecule has 0 aliphatic carbocycles. The first-order chi connectivity index (χ1) is 29.8. The molecule has 0 saturated heterocycles. The second-order valence-corrected chi connectivity index (χ2v) is 18.8. The number of carbonyl (C=O) groups is 2. The van der Waals surface area contributed by atoms with Gasteiger partial charge in [-0.1, -0.05) is 212 Å². The highest BCUT2D eigenvalue weighted by atomic mass is 31.2. The van der Waals surface area contributed by atoms with Crippen molar-refractivity contribution in [3.05, 3.63) is 24.3 Å². The summed E-state index contributed by atoms with van der Waals surface area (Å²) in [7, 11) is -4.39. The average molecular weight is 884 g/mol. The van der Waals surface area contributed by atoms with Crippen LogP contribution in [0.3, 0.4) is 0 Å². The molecule has 0 saturated carbocycles. The minimum absolute atomic E-state index is 0.0505. The summed E-state index contributed by atoms with van der Waals surface area (Å²) in [6.45, 7) is 3.74. The Bertz CT molecular complexity index is 1050. The summed E-state index contributed by atoms with van der Waals surface area (Å²) >= 11 is 0. The number of esters is 2. The van der Waals surface area contributed by atoms with Crippen molar-refractivity contribution in [2.24, 2.45) is 5.73 Å². The van der Waals surface area contributed by atoms with E-state index in [1.807, 2.05) is 0 Å². The molecule has 0 aromatic heterocycles. The lowest BCUT2D eigenvalue weighted by atomic mass is 10.0. The lowest BCUT2D eigenvalue weighted by molar-refractivity contribution is -0.161. The number of phosphoric acid groups is 1. The van der Waals surface area contributed by atoms with Crippen molar-refractivity contribution >= 4 is 19.8 Å². The standard InChI is InChI=1S/C51H98NO8P/c1-3-5-7-9-11-13-15-17-19-21-22-23-24-25-26-28-30-32-34-36-38-40-42-44-51(54)60-49(48-59-61(55,56)58-46-45-52)47-57-50(53)43-41-39-37-35-33-31-29-27-20-18-16-14-12-10-8-6-4-2/h18,20,36,38,49H,3-17,19,21-35,37,39-48,52H2,1-2H3,(H,55,56)/b20-18+,38-36+/t49-/m1/s1. The van der Waals surface area contributed by atoms with Crippen LogP contribution in [0.2, 0.25) is 0 Å². The van der Waals surface area contributed by atoms with E-state index in [2.05, 4.69) is 38.2 Å². The van der Waals surface area contributed by atoms with E-state index < -0.39 is 26.5 Å². The fraction of sp³-hybridized carbons (Fsp3) is 0.882. The van der Waals surface area contributed by atoms with Crippen molar-refractivity contribution in [3.63, 3.8) is 0 Å². The number of phosphoric ester groups is 1. The molecule has 0 aliphatic rings. The van der Waals surface area contributed by atoms with Gasteiger partial charge in [0, 0.05) is 19.4 Å². The number of nitrogens with two attached hydrogens (primary N) is 1. The molecular weight excluding hydrogens is 786 g/mol. The number of rotatable bonds is 49. The molecule has 0 fully saturated rings. The molecule has 0 spiro atoms. The molecule has 0 aromatic carbocycles. The van der Waals surface area contributed by atoms with Gasteiger partial charge in [-0.3, -0.25) is 18.6 Å². The molecule has 0 radical (unpaired) electrons. The highest BCUT2D eigenvalue weighted by Gasteiger charge is 2.26. The van der Waals surface area contributed by atoms with Gasteiger partial charge in [0.1, 0.15) is 6.61 Å². The third-order valence-corrected chi connectivity index (χ3v) is 12.3. The third kappa shape index (κ3) is 47.8. The summed E-state index contributed by atoms with van der Waals surface area (Å²) in [5.74, 6) is -0.860. The minimum atomic E-state index is -4.39. The molecule has 0 rings (SSSR count). The normalized spacial score (nSPS) is 13.3. The third-order valence-electron chi connectivity index (χ3n) is 11.3. The second-order valence-electron chi connectivity index (χ2n) is 17.4. The van der Waals surface area contributed by atoms with Crippen molar-refractivity contribution in [1.82, 2.24) is 0 Å². The van der Waals surface area contributed by atoms with E-state index in [1.165, 1.54) is 180 Å². The predicted molar refractivity (Wildman–Crippen MR) is 257 cm³/mol. The van der Waals surface area contributed by atoms with Crippen molar-refractivity contribution in [2.75, 3.05) is 26.4 Å². The van der Waals surface area contributed by atoms with Gasteiger partial charge in [0.15, 0.2) is 6.10 Å². The molecule has 360 valence electrons. The Morgan fingerprint density at radius 1 is 0.475 bits per heavy atom. The van der Waals surface area contributed by atoms with Gasteiger partial charge in [0.05, 0.1) is 13.2 Å². The summed E-state index contributed by atoms with van der Waals surface area (Å²) in [5.41, 5.74) is 5.36.